The molecule has 0 N–H and O–H groups in total. The minimum atomic E-state index is -0.427. The maximum absolute atomic E-state index is 6.43. The Morgan fingerprint density at radius 3 is 1.07 bits per heavy atom. The third-order valence-electron chi connectivity index (χ3n) is 23.7. The number of hydrogen-bond acceptors (Lipinski definition) is 2. The monoisotopic (exact) mass is 1680 g/mol. The number of nitrogens with zero attached hydrogens (tertiary/aromatic N) is 2. The van der Waals surface area contributed by atoms with Gasteiger partial charge in [0.05, 0.1) is 44.1 Å². The van der Waals surface area contributed by atoms with E-state index in [9.17, 15) is 0 Å². The minimum absolute atomic E-state index is 0.397. The first kappa shape index (κ1) is 71.1. The highest BCUT2D eigenvalue weighted by molar-refractivity contribution is 14.1. The lowest BCUT2D eigenvalue weighted by Crippen LogP contribution is -2.41. The molecule has 2 aromatic heterocycles. The van der Waals surface area contributed by atoms with E-state index in [1.807, 2.05) is 18.2 Å². The number of para-hydroxylation sites is 2. The fourth-order valence-electron chi connectivity index (χ4n) is 17.9. The topological polar surface area (TPSA) is 28.3 Å². The van der Waals surface area contributed by atoms with Gasteiger partial charge in [-0.05, 0) is 245 Å². The van der Waals surface area contributed by atoms with E-state index >= 15 is 0 Å². The maximum atomic E-state index is 6.43. The van der Waals surface area contributed by atoms with Crippen molar-refractivity contribution in [2.24, 2.45) is 0 Å². The lowest BCUT2D eigenvalue weighted by atomic mass is 9.68. The number of benzene rings is 16. The summed E-state index contributed by atoms with van der Waals surface area (Å²) >= 11 is 9.43. The highest BCUT2D eigenvalue weighted by Gasteiger charge is 2.52. The zero-order valence-electron chi connectivity index (χ0n) is 62.4. The molecule has 21 rings (SSSR count). The van der Waals surface area contributed by atoms with Crippen molar-refractivity contribution in [3.05, 3.63) is 445 Å². The molecule has 3 heterocycles. The van der Waals surface area contributed by atoms with Crippen LogP contribution < -0.4 is 5.46 Å². The summed E-state index contributed by atoms with van der Waals surface area (Å²) in [5.41, 5.74) is 29.0. The van der Waals surface area contributed by atoms with E-state index in [1.54, 1.807) is 0 Å². The summed E-state index contributed by atoms with van der Waals surface area (Å²) in [6, 6.07) is 142. The Bertz CT molecular complexity index is 6530. The molecule has 2 aliphatic carbocycles. The summed E-state index contributed by atoms with van der Waals surface area (Å²) in [4.78, 5) is 0. The van der Waals surface area contributed by atoms with Crippen molar-refractivity contribution in [3.8, 4) is 67.0 Å². The summed E-state index contributed by atoms with van der Waals surface area (Å²) in [7, 11) is -0.414. The van der Waals surface area contributed by atoms with Gasteiger partial charge in [0.2, 0.25) is 0 Å². The summed E-state index contributed by atoms with van der Waals surface area (Å²) in [6.07, 6.45) is 0. The number of hydrogen-bond donors (Lipinski definition) is 0. The second kappa shape index (κ2) is 28.8. The molecule has 0 amide bonds. The van der Waals surface area contributed by atoms with Crippen molar-refractivity contribution >= 4 is 111 Å². The molecular weight excluding hydrogens is 1610 g/mol. The van der Waals surface area contributed by atoms with Gasteiger partial charge in [0.1, 0.15) is 0 Å². The predicted octanol–water partition coefficient (Wildman–Crippen LogP) is 27.4. The third-order valence-corrected chi connectivity index (χ3v) is 26.8. The van der Waals surface area contributed by atoms with Crippen molar-refractivity contribution in [1.82, 2.24) is 9.13 Å². The lowest BCUT2D eigenvalue weighted by Gasteiger charge is -2.33. The van der Waals surface area contributed by atoms with Crippen LogP contribution in [0.5, 0.6) is 0 Å². The molecule has 1 saturated heterocycles. The van der Waals surface area contributed by atoms with Crippen LogP contribution in [0.2, 0.25) is 0 Å². The molecule has 0 spiro atoms. The van der Waals surface area contributed by atoms with E-state index in [4.69, 9.17) is 9.31 Å². The second-order valence-corrected chi connectivity index (χ2v) is 33.2. The maximum Gasteiger partial charge on any atom is 0.494 e. The van der Waals surface area contributed by atoms with Crippen LogP contribution in [0.15, 0.2) is 397 Å². The van der Waals surface area contributed by atoms with E-state index in [-0.39, 0.29) is 0 Å². The van der Waals surface area contributed by atoms with Crippen LogP contribution in [0.4, 0.5) is 0 Å². The van der Waals surface area contributed by atoms with E-state index in [1.165, 1.54) is 141 Å². The molecule has 4 nitrogen and oxygen atoms in total. The van der Waals surface area contributed by atoms with Gasteiger partial charge in [0, 0.05) is 45.4 Å². The first-order valence-electron chi connectivity index (χ1n) is 38.3. The second-order valence-electron chi connectivity index (χ2n) is 30.4. The fourth-order valence-corrected chi connectivity index (χ4v) is 19.0. The van der Waals surface area contributed by atoms with Crippen molar-refractivity contribution in [3.63, 3.8) is 0 Å². The van der Waals surface area contributed by atoms with E-state index in [0.717, 1.165) is 32.4 Å². The van der Waals surface area contributed by atoms with Crippen LogP contribution >= 0.6 is 54.5 Å². The Hall–Kier alpha value is -11.2. The van der Waals surface area contributed by atoms with Gasteiger partial charge < -0.3 is 18.4 Å². The molecule has 538 valence electrons. The van der Waals surface area contributed by atoms with Gasteiger partial charge in [-0.2, -0.15) is 0 Å². The van der Waals surface area contributed by atoms with Crippen LogP contribution in [0, 0.1) is 3.57 Å². The highest BCUT2D eigenvalue weighted by Crippen LogP contribution is 2.59. The molecule has 16 aromatic carbocycles. The van der Waals surface area contributed by atoms with Gasteiger partial charge in [0.25, 0.3) is 0 Å². The molecule has 3 aliphatic rings. The molecule has 8 heteroatoms. The molecule has 0 radical (unpaired) electrons. The average Bonchev–Trinajstić information content (AvgIpc) is 1.54. The first-order valence-corrected chi connectivity index (χ1v) is 40.9. The predicted molar refractivity (Wildman–Crippen MR) is 483 cm³/mol. The normalized spacial score (nSPS) is 14.4. The minimum Gasteiger partial charge on any atom is -0.399 e. The van der Waals surface area contributed by atoms with Gasteiger partial charge in [-0.1, -0.05) is 331 Å². The standard InChI is InChI=1S/C49H40BNO2.C49H32BrN.C6H4BrI/c1-47(2)48(3,4)53-50(52-47)37-21-15-16-33(30-37)34-26-28-41-40-23-12-14-25-45(40)51(46(41)31-34)38-27-29-44-42(32-38)39-22-11-13-24-43(39)49(44,35-17-7-5-8-18-35)36-19-9-6-10-20-36;50-46-24-11-8-20-39(46)35-15-13-14-33(30-35)34-26-28-42-41-22-9-12-25-47(41)51(48(42)31-34)38-27-29-45-43(32-38)40-21-7-10-23-44(40)49(45,36-16-3-1-4-17-36)37-18-5-2-6-19-37;7-5-3-1-2-4-6(5)8/h5-32H,1-4H3;1-32H;1-4H. The molecule has 0 atom stereocenters. The fraction of sp³-hybridized carbons (Fsp3) is 0.0769. The average molecular weight is 1680 g/mol. The van der Waals surface area contributed by atoms with Crippen LogP contribution in [0.1, 0.15) is 72.2 Å². The summed E-state index contributed by atoms with van der Waals surface area (Å²) in [5.74, 6) is 0. The van der Waals surface area contributed by atoms with Gasteiger partial charge >= 0.3 is 7.12 Å². The number of halogens is 3. The van der Waals surface area contributed by atoms with E-state index in [0.29, 0.717) is 0 Å². The van der Waals surface area contributed by atoms with Gasteiger partial charge in [-0.25, -0.2) is 0 Å². The third kappa shape index (κ3) is 11.9. The quantitative estimate of drug-likeness (QED) is 0.101. The van der Waals surface area contributed by atoms with Crippen LogP contribution in [-0.2, 0) is 20.1 Å². The van der Waals surface area contributed by atoms with Gasteiger partial charge in [-0.15, -0.1) is 0 Å². The lowest BCUT2D eigenvalue weighted by molar-refractivity contribution is 0.00578. The summed E-state index contributed by atoms with van der Waals surface area (Å²) in [5, 5.41) is 4.98. The number of aromatic nitrogens is 2. The zero-order chi connectivity index (χ0) is 75.9. The first-order chi connectivity index (χ1) is 54.8. The molecule has 1 fully saturated rings. The molecule has 18 aromatic rings. The van der Waals surface area contributed by atoms with Crippen molar-refractivity contribution in [1.29, 1.82) is 0 Å². The Labute approximate surface area is 685 Å². The van der Waals surface area contributed by atoms with Gasteiger partial charge in [-0.3, -0.25) is 0 Å². The Balaban J connectivity index is 0.000000137. The highest BCUT2D eigenvalue weighted by atomic mass is 127. The Morgan fingerprint density at radius 2 is 0.625 bits per heavy atom. The molecular formula is C104H76BBr2IN2O2. The Kier molecular flexibility index (Phi) is 18.3. The molecule has 1 aliphatic heterocycles. The smallest absolute Gasteiger partial charge is 0.399 e. The van der Waals surface area contributed by atoms with Crippen LogP contribution in [-0.4, -0.2) is 27.5 Å². The molecule has 0 bridgehead atoms. The largest absolute Gasteiger partial charge is 0.494 e. The van der Waals surface area contributed by atoms with E-state index < -0.39 is 29.2 Å². The molecule has 0 unspecified atom stereocenters. The SMILES string of the molecule is Brc1ccccc1-c1cccc(-c2ccc3c4ccccc4n(-c4ccc5c(c4)-c4ccccc4C5(c4ccccc4)c4ccccc4)c3c2)c1.Brc1ccccc1I.CC1(C)OB(c2cccc(-c3ccc4c5ccccc5n(-c5ccc6c(c5)-c5ccccc5C6(c5ccccc5)c5ccccc5)c4c3)c2)OC1(C)C. The van der Waals surface area contributed by atoms with E-state index in [2.05, 4.69) is 461 Å². The van der Waals surface area contributed by atoms with Crippen LogP contribution in [0.25, 0.3) is 111 Å². The Morgan fingerprint density at radius 1 is 0.268 bits per heavy atom. The summed E-state index contributed by atoms with van der Waals surface area (Å²) < 4.78 is 21.3. The van der Waals surface area contributed by atoms with Crippen LogP contribution in [0.3, 0.4) is 0 Å². The molecule has 112 heavy (non-hydrogen) atoms. The van der Waals surface area contributed by atoms with Gasteiger partial charge in [0.15, 0.2) is 0 Å². The molecule has 0 saturated carbocycles. The number of fused-ring (bicyclic) bond motifs is 12. The van der Waals surface area contributed by atoms with Crippen molar-refractivity contribution in [2.45, 2.75) is 49.7 Å². The zero-order valence-corrected chi connectivity index (χ0v) is 67.7. The number of rotatable bonds is 10. The van der Waals surface area contributed by atoms with Crippen molar-refractivity contribution in [2.75, 3.05) is 0 Å². The summed E-state index contributed by atoms with van der Waals surface area (Å²) in [6.45, 7) is 8.41. The van der Waals surface area contributed by atoms with Crippen molar-refractivity contribution < 1.29 is 9.31 Å².